The van der Waals surface area contributed by atoms with E-state index in [0.717, 1.165) is 15.6 Å². The molecule has 150 valence electrons. The van der Waals surface area contributed by atoms with Gasteiger partial charge in [-0.2, -0.15) is 10.2 Å². The predicted molar refractivity (Wildman–Crippen MR) is 121 cm³/mol. The highest BCUT2D eigenvalue weighted by atomic mass is 79.9. The molecule has 0 spiro atoms. The van der Waals surface area contributed by atoms with Gasteiger partial charge in [0.2, 0.25) is 11.8 Å². The molecule has 2 aromatic carbocycles. The first kappa shape index (κ1) is 20.5. The first-order valence-electron chi connectivity index (χ1n) is 8.84. The van der Waals surface area contributed by atoms with Gasteiger partial charge in [0.1, 0.15) is 17.5 Å². The number of halogens is 2. The predicted octanol–water partition coefficient (Wildman–Crippen LogP) is 4.99. The lowest BCUT2D eigenvalue weighted by Gasteiger charge is -2.26. The minimum atomic E-state index is -0.515. The average molecular weight is 501 g/mol. The molecule has 0 aliphatic carbocycles. The van der Waals surface area contributed by atoms with E-state index in [9.17, 15) is 5.26 Å². The van der Waals surface area contributed by atoms with E-state index in [-0.39, 0.29) is 23.2 Å². The Morgan fingerprint density at radius 3 is 2.70 bits per heavy atom. The van der Waals surface area contributed by atoms with Crippen molar-refractivity contribution in [1.82, 2.24) is 9.97 Å². The van der Waals surface area contributed by atoms with Crippen LogP contribution in [0.15, 0.2) is 69.6 Å². The molecule has 0 unspecified atom stereocenters. The molecule has 1 atom stereocenters. The van der Waals surface area contributed by atoms with E-state index in [1.807, 2.05) is 48.5 Å². The van der Waals surface area contributed by atoms with Crippen LogP contribution in [0.1, 0.15) is 22.6 Å². The molecule has 9 heteroatoms. The number of thioether (sulfide) groups is 1. The van der Waals surface area contributed by atoms with Crippen LogP contribution < -0.4 is 16.2 Å². The Bertz CT molecular complexity index is 1210. The fourth-order valence-electron chi connectivity index (χ4n) is 3.20. The van der Waals surface area contributed by atoms with Gasteiger partial charge in [-0.25, -0.2) is 4.98 Å². The summed E-state index contributed by atoms with van der Waals surface area (Å²) in [5.41, 5.74) is 15.0. The Morgan fingerprint density at radius 1 is 1.17 bits per heavy atom. The van der Waals surface area contributed by atoms with E-state index in [2.05, 4.69) is 32.0 Å². The van der Waals surface area contributed by atoms with E-state index in [4.69, 9.17) is 27.8 Å². The third-order valence-electron chi connectivity index (χ3n) is 4.59. The standard InChI is InChI=1S/C21H15BrClN5OS/c22-13-6-3-5-11(8-13)16-14(9-24)19(26)29-20-17(16)18(25)27-21(28-20)30-10-12-4-1-2-7-15(12)23/h1-8,16H,10,26H2,(H2,25,27,28)/t16-/m1/s1. The Kier molecular flexibility index (Phi) is 5.86. The molecule has 0 amide bonds. The number of nitrogen functional groups attached to an aromatic ring is 1. The summed E-state index contributed by atoms with van der Waals surface area (Å²) < 4.78 is 6.54. The fourth-order valence-corrected chi connectivity index (χ4v) is 4.75. The van der Waals surface area contributed by atoms with Crippen LogP contribution in [-0.4, -0.2) is 9.97 Å². The van der Waals surface area contributed by atoms with Crippen LogP contribution >= 0.6 is 39.3 Å². The Hall–Kier alpha value is -2.73. The lowest BCUT2D eigenvalue weighted by Crippen LogP contribution is -2.23. The van der Waals surface area contributed by atoms with Crippen LogP contribution in [0.25, 0.3) is 0 Å². The summed E-state index contributed by atoms with van der Waals surface area (Å²) in [5.74, 6) is 0.563. The Morgan fingerprint density at radius 2 is 1.97 bits per heavy atom. The molecule has 0 saturated heterocycles. The van der Waals surface area contributed by atoms with Gasteiger partial charge in [0, 0.05) is 15.2 Å². The number of fused-ring (bicyclic) bond motifs is 1. The monoisotopic (exact) mass is 499 g/mol. The van der Waals surface area contributed by atoms with Crippen molar-refractivity contribution in [3.8, 4) is 11.9 Å². The molecule has 4 N–H and O–H groups in total. The maximum Gasteiger partial charge on any atom is 0.231 e. The number of hydrogen-bond donors (Lipinski definition) is 2. The van der Waals surface area contributed by atoms with Crippen molar-refractivity contribution in [2.45, 2.75) is 16.8 Å². The van der Waals surface area contributed by atoms with Gasteiger partial charge in [-0.15, -0.1) is 0 Å². The van der Waals surface area contributed by atoms with E-state index < -0.39 is 5.92 Å². The van der Waals surface area contributed by atoms with Crippen LogP contribution in [0, 0.1) is 11.3 Å². The van der Waals surface area contributed by atoms with Gasteiger partial charge in [0.15, 0.2) is 5.16 Å². The van der Waals surface area contributed by atoms with Crippen LogP contribution in [0.5, 0.6) is 5.88 Å². The second-order valence-corrected chi connectivity index (χ2v) is 8.74. The summed E-state index contributed by atoms with van der Waals surface area (Å²) in [6.07, 6.45) is 0. The number of hydrogen-bond acceptors (Lipinski definition) is 7. The number of allylic oxidation sites excluding steroid dienone is 1. The van der Waals surface area contributed by atoms with Gasteiger partial charge in [-0.1, -0.05) is 69.6 Å². The van der Waals surface area contributed by atoms with Gasteiger partial charge in [-0.05, 0) is 29.3 Å². The molecular formula is C21H15BrClN5OS. The van der Waals surface area contributed by atoms with Crippen LogP contribution in [0.3, 0.4) is 0 Å². The molecule has 30 heavy (non-hydrogen) atoms. The lowest BCUT2D eigenvalue weighted by atomic mass is 9.85. The van der Waals surface area contributed by atoms with E-state index in [1.54, 1.807) is 0 Å². The van der Waals surface area contributed by atoms with Crippen molar-refractivity contribution < 1.29 is 4.74 Å². The third-order valence-corrected chi connectivity index (χ3v) is 6.34. The summed E-state index contributed by atoms with van der Waals surface area (Å²) in [6, 6.07) is 17.3. The van der Waals surface area contributed by atoms with Crippen LogP contribution in [-0.2, 0) is 5.75 Å². The van der Waals surface area contributed by atoms with Crippen LogP contribution in [0.2, 0.25) is 5.02 Å². The molecular weight excluding hydrogens is 486 g/mol. The van der Waals surface area contributed by atoms with Crippen molar-refractivity contribution >= 4 is 45.1 Å². The van der Waals surface area contributed by atoms with Gasteiger partial charge in [0.25, 0.3) is 0 Å². The molecule has 6 nitrogen and oxygen atoms in total. The number of aromatic nitrogens is 2. The zero-order valence-corrected chi connectivity index (χ0v) is 18.6. The normalized spacial score (nSPS) is 15.3. The quantitative estimate of drug-likeness (QED) is 0.383. The minimum absolute atomic E-state index is 0.00938. The average Bonchev–Trinajstić information content (AvgIpc) is 2.72. The topological polar surface area (TPSA) is 111 Å². The molecule has 0 fully saturated rings. The van der Waals surface area contributed by atoms with Crippen molar-refractivity contribution in [3.05, 3.63) is 86.2 Å². The highest BCUT2D eigenvalue weighted by Gasteiger charge is 2.34. The highest BCUT2D eigenvalue weighted by molar-refractivity contribution is 9.10. The van der Waals surface area contributed by atoms with E-state index in [1.165, 1.54) is 11.8 Å². The maximum absolute atomic E-state index is 9.69. The zero-order valence-electron chi connectivity index (χ0n) is 15.5. The number of anilines is 1. The Balaban J connectivity index is 1.73. The van der Waals surface area contributed by atoms with Gasteiger partial charge < -0.3 is 16.2 Å². The largest absolute Gasteiger partial charge is 0.422 e. The van der Waals surface area contributed by atoms with Crippen molar-refractivity contribution in [2.75, 3.05) is 5.73 Å². The zero-order chi connectivity index (χ0) is 21.3. The lowest BCUT2D eigenvalue weighted by molar-refractivity contribution is 0.373. The SMILES string of the molecule is N#CC1=C(N)Oc2nc(SCc3ccccc3Cl)nc(N)c2[C@@H]1c1cccc(Br)c1. The van der Waals surface area contributed by atoms with Gasteiger partial charge in [0.05, 0.1) is 11.5 Å². The second-order valence-electron chi connectivity index (χ2n) is 6.47. The van der Waals surface area contributed by atoms with E-state index >= 15 is 0 Å². The first-order valence-corrected chi connectivity index (χ1v) is 11.0. The maximum atomic E-state index is 9.69. The number of ether oxygens (including phenoxy) is 1. The number of nitriles is 1. The van der Waals surface area contributed by atoms with Gasteiger partial charge in [-0.3, -0.25) is 0 Å². The van der Waals surface area contributed by atoms with Gasteiger partial charge >= 0.3 is 0 Å². The summed E-state index contributed by atoms with van der Waals surface area (Å²) >= 11 is 11.1. The summed E-state index contributed by atoms with van der Waals surface area (Å²) in [7, 11) is 0. The molecule has 3 aromatic rings. The molecule has 0 radical (unpaired) electrons. The number of nitrogens with zero attached hydrogens (tertiary/aromatic N) is 3. The summed E-state index contributed by atoms with van der Waals surface area (Å²) in [6.45, 7) is 0. The number of rotatable bonds is 4. The summed E-state index contributed by atoms with van der Waals surface area (Å²) in [5, 5.41) is 10.8. The molecule has 0 bridgehead atoms. The minimum Gasteiger partial charge on any atom is -0.422 e. The molecule has 4 rings (SSSR count). The molecule has 1 aliphatic rings. The van der Waals surface area contributed by atoms with Crippen LogP contribution in [0.4, 0.5) is 5.82 Å². The van der Waals surface area contributed by atoms with Crippen molar-refractivity contribution in [2.24, 2.45) is 5.73 Å². The smallest absolute Gasteiger partial charge is 0.231 e. The van der Waals surface area contributed by atoms with Crippen molar-refractivity contribution in [1.29, 1.82) is 5.26 Å². The number of benzene rings is 2. The van der Waals surface area contributed by atoms with E-state index in [0.29, 0.717) is 21.5 Å². The molecule has 1 aliphatic heterocycles. The molecule has 1 aromatic heterocycles. The molecule has 2 heterocycles. The highest BCUT2D eigenvalue weighted by Crippen LogP contribution is 2.44. The van der Waals surface area contributed by atoms with Crippen molar-refractivity contribution in [3.63, 3.8) is 0 Å². The third kappa shape index (κ3) is 3.97. The second kappa shape index (κ2) is 8.56. The first-order chi connectivity index (χ1) is 14.5. The summed E-state index contributed by atoms with van der Waals surface area (Å²) in [4.78, 5) is 8.95. The fraction of sp³-hybridized carbons (Fsp3) is 0.0952. The Labute approximate surface area is 191 Å². The number of nitrogens with two attached hydrogens (primary N) is 2. The molecule has 0 saturated carbocycles.